The Morgan fingerprint density at radius 3 is 2.61 bits per heavy atom. The number of hydrogen-bond acceptors (Lipinski definition) is 4. The average Bonchev–Trinajstić information content (AvgIpc) is 2.53. The van der Waals surface area contributed by atoms with Gasteiger partial charge in [-0.15, -0.1) is 0 Å². The minimum atomic E-state index is -1.07. The fourth-order valence-electron chi connectivity index (χ4n) is 2.20. The predicted molar refractivity (Wildman–Crippen MR) is 93.4 cm³/mol. The fourth-order valence-corrected chi connectivity index (χ4v) is 2.36. The van der Waals surface area contributed by atoms with E-state index in [4.69, 9.17) is 17.0 Å². The molecule has 1 aliphatic carbocycles. The fraction of sp³-hybridized carbons (Fsp3) is 0.562. The van der Waals surface area contributed by atoms with Gasteiger partial charge in [-0.2, -0.15) is 0 Å². The largest absolute Gasteiger partial charge is 0.358 e. The molecule has 1 rings (SSSR count). The molecule has 0 heterocycles. The van der Waals surface area contributed by atoms with Gasteiger partial charge in [-0.05, 0) is 31.6 Å². The second kappa shape index (κ2) is 9.42. The highest BCUT2D eigenvalue weighted by molar-refractivity contribution is 7.80. The first-order valence-corrected chi connectivity index (χ1v) is 8.26. The van der Waals surface area contributed by atoms with E-state index in [0.29, 0.717) is 12.8 Å². The molecule has 3 N–H and O–H groups in total. The molecular formula is C16H25N3O3S. The van der Waals surface area contributed by atoms with Crippen LogP contribution in [0.4, 0.5) is 0 Å². The Morgan fingerprint density at radius 1 is 1.30 bits per heavy atom. The zero-order valence-electron chi connectivity index (χ0n) is 13.8. The van der Waals surface area contributed by atoms with Gasteiger partial charge >= 0.3 is 0 Å². The first kappa shape index (κ1) is 19.3. The summed E-state index contributed by atoms with van der Waals surface area (Å²) in [5.74, 6) is -0.575. The van der Waals surface area contributed by atoms with Crippen molar-refractivity contribution in [2.75, 3.05) is 0 Å². The Morgan fingerprint density at radius 2 is 2.04 bits per heavy atom. The normalized spacial score (nSPS) is 20.7. The number of hydrogen-bond donors (Lipinski definition) is 3. The number of thiocarbonyl (C=S) groups is 1. The predicted octanol–water partition coefficient (Wildman–Crippen LogP) is 1.88. The standard InChI is InChI=1S/C16H25N3O3S/c1-4-9-12(3)22-16(10-7-6-8-11-16)14(21)18-19-15(23)17-13(20)5-2/h6-8,10,12H,4-5,9,11H2,1-3H3,(H,18,21)(H2,17,19,20,23). The highest BCUT2D eigenvalue weighted by Gasteiger charge is 2.38. The van der Waals surface area contributed by atoms with Crippen molar-refractivity contribution >= 4 is 29.1 Å². The van der Waals surface area contributed by atoms with Gasteiger partial charge in [-0.25, -0.2) is 0 Å². The molecule has 0 saturated carbocycles. The van der Waals surface area contributed by atoms with Crippen LogP contribution in [0.1, 0.15) is 46.5 Å². The Kier molecular flexibility index (Phi) is 7.91. The van der Waals surface area contributed by atoms with Gasteiger partial charge in [-0.3, -0.25) is 20.4 Å². The summed E-state index contributed by atoms with van der Waals surface area (Å²) in [5, 5.41) is 2.51. The van der Waals surface area contributed by atoms with E-state index in [9.17, 15) is 9.59 Å². The lowest BCUT2D eigenvalue weighted by Gasteiger charge is -2.33. The van der Waals surface area contributed by atoms with Crippen molar-refractivity contribution in [2.24, 2.45) is 0 Å². The molecule has 7 heteroatoms. The van der Waals surface area contributed by atoms with Crippen molar-refractivity contribution in [2.45, 2.75) is 58.2 Å². The lowest BCUT2D eigenvalue weighted by Crippen LogP contribution is -2.56. The third kappa shape index (κ3) is 6.11. The van der Waals surface area contributed by atoms with E-state index >= 15 is 0 Å². The first-order valence-electron chi connectivity index (χ1n) is 7.86. The number of allylic oxidation sites excluding steroid dienone is 2. The molecule has 128 valence electrons. The minimum Gasteiger partial charge on any atom is -0.358 e. The molecular weight excluding hydrogens is 314 g/mol. The third-order valence-corrected chi connectivity index (χ3v) is 3.59. The van der Waals surface area contributed by atoms with E-state index in [1.807, 2.05) is 19.1 Å². The molecule has 23 heavy (non-hydrogen) atoms. The van der Waals surface area contributed by atoms with Crippen molar-refractivity contribution in [3.8, 4) is 0 Å². The van der Waals surface area contributed by atoms with Crippen LogP contribution in [0, 0.1) is 0 Å². The van der Waals surface area contributed by atoms with Crippen LogP contribution in [-0.4, -0.2) is 28.6 Å². The number of ether oxygens (including phenoxy) is 1. The summed E-state index contributed by atoms with van der Waals surface area (Å²) in [6.07, 6.45) is 9.84. The maximum absolute atomic E-state index is 12.6. The van der Waals surface area contributed by atoms with Crippen LogP contribution < -0.4 is 16.2 Å². The summed E-state index contributed by atoms with van der Waals surface area (Å²) < 4.78 is 5.99. The smallest absolute Gasteiger partial charge is 0.274 e. The van der Waals surface area contributed by atoms with Crippen LogP contribution >= 0.6 is 12.2 Å². The molecule has 2 unspecified atom stereocenters. The van der Waals surface area contributed by atoms with Gasteiger partial charge in [0.25, 0.3) is 5.91 Å². The van der Waals surface area contributed by atoms with Gasteiger partial charge < -0.3 is 10.1 Å². The molecule has 2 atom stereocenters. The number of amides is 2. The van der Waals surface area contributed by atoms with Crippen molar-refractivity contribution in [3.05, 3.63) is 24.3 Å². The van der Waals surface area contributed by atoms with Crippen molar-refractivity contribution in [1.82, 2.24) is 16.2 Å². The molecule has 0 saturated heterocycles. The Hall–Kier alpha value is -1.73. The second-order valence-electron chi connectivity index (χ2n) is 5.41. The first-order chi connectivity index (χ1) is 10.9. The topological polar surface area (TPSA) is 79.5 Å². The number of hydrazine groups is 1. The van der Waals surface area contributed by atoms with E-state index in [0.717, 1.165) is 12.8 Å². The summed E-state index contributed by atoms with van der Waals surface area (Å²) in [6, 6.07) is 0. The summed E-state index contributed by atoms with van der Waals surface area (Å²) in [7, 11) is 0. The summed E-state index contributed by atoms with van der Waals surface area (Å²) in [4.78, 5) is 23.8. The van der Waals surface area contributed by atoms with Crippen LogP contribution in [0.3, 0.4) is 0 Å². The zero-order valence-corrected chi connectivity index (χ0v) is 14.7. The lowest BCUT2D eigenvalue weighted by molar-refractivity contribution is -0.147. The monoisotopic (exact) mass is 339 g/mol. The average molecular weight is 339 g/mol. The summed E-state index contributed by atoms with van der Waals surface area (Å²) in [6.45, 7) is 5.73. The van der Waals surface area contributed by atoms with Crippen molar-refractivity contribution in [3.63, 3.8) is 0 Å². The number of carbonyl (C=O) groups is 2. The quantitative estimate of drug-likeness (QED) is 0.509. The molecule has 0 aliphatic heterocycles. The molecule has 0 fully saturated rings. The van der Waals surface area contributed by atoms with Crippen molar-refractivity contribution in [1.29, 1.82) is 0 Å². The van der Waals surface area contributed by atoms with E-state index in [-0.39, 0.29) is 23.0 Å². The van der Waals surface area contributed by atoms with Crippen LogP contribution in [0.5, 0.6) is 0 Å². The van der Waals surface area contributed by atoms with Gasteiger partial charge in [0, 0.05) is 12.8 Å². The maximum atomic E-state index is 12.6. The molecule has 0 aromatic heterocycles. The zero-order chi connectivity index (χ0) is 17.3. The van der Waals surface area contributed by atoms with Crippen LogP contribution in [0.15, 0.2) is 24.3 Å². The van der Waals surface area contributed by atoms with Crippen LogP contribution in [0.25, 0.3) is 0 Å². The molecule has 0 spiro atoms. The van der Waals surface area contributed by atoms with E-state index < -0.39 is 5.60 Å². The molecule has 0 aromatic carbocycles. The summed E-state index contributed by atoms with van der Waals surface area (Å²) in [5.41, 5.74) is 3.98. The van der Waals surface area contributed by atoms with Gasteiger partial charge in [0.05, 0.1) is 6.10 Å². The number of rotatable bonds is 6. The van der Waals surface area contributed by atoms with Gasteiger partial charge in [-0.1, -0.05) is 38.5 Å². The molecule has 6 nitrogen and oxygen atoms in total. The lowest BCUT2D eigenvalue weighted by atomic mass is 9.93. The highest BCUT2D eigenvalue weighted by Crippen LogP contribution is 2.25. The van der Waals surface area contributed by atoms with Gasteiger partial charge in [0.2, 0.25) is 5.91 Å². The third-order valence-electron chi connectivity index (χ3n) is 3.39. The van der Waals surface area contributed by atoms with Crippen molar-refractivity contribution < 1.29 is 14.3 Å². The molecule has 2 amide bonds. The maximum Gasteiger partial charge on any atom is 0.274 e. The Balaban J connectivity index is 2.66. The van der Waals surface area contributed by atoms with Gasteiger partial charge in [0.15, 0.2) is 10.7 Å². The molecule has 0 aromatic rings. The molecule has 1 aliphatic rings. The number of nitrogens with one attached hydrogen (secondary N) is 3. The molecule has 0 bridgehead atoms. The van der Waals surface area contributed by atoms with E-state index in [1.54, 1.807) is 19.1 Å². The van der Waals surface area contributed by atoms with Crippen LogP contribution in [0.2, 0.25) is 0 Å². The Labute approximate surface area is 142 Å². The van der Waals surface area contributed by atoms with Crippen LogP contribution in [-0.2, 0) is 14.3 Å². The second-order valence-corrected chi connectivity index (χ2v) is 5.82. The SMILES string of the molecule is CCCC(C)OC1(C(=O)NNC(=S)NC(=O)CC)C=CC=CC1. The van der Waals surface area contributed by atoms with Gasteiger partial charge in [0.1, 0.15) is 0 Å². The molecule has 0 radical (unpaired) electrons. The highest BCUT2D eigenvalue weighted by atomic mass is 32.1. The number of carbonyl (C=O) groups excluding carboxylic acids is 2. The van der Waals surface area contributed by atoms with E-state index in [1.165, 1.54) is 0 Å². The van der Waals surface area contributed by atoms with E-state index in [2.05, 4.69) is 23.1 Å². The summed E-state index contributed by atoms with van der Waals surface area (Å²) >= 11 is 4.95. The Bertz CT molecular complexity index is 505. The minimum absolute atomic E-state index is 0.0476.